The quantitative estimate of drug-likeness (QED) is 0.340. The Bertz CT molecular complexity index is 1520. The topological polar surface area (TPSA) is 73.1 Å². The first kappa shape index (κ1) is 25.4. The van der Waals surface area contributed by atoms with Crippen LogP contribution in [0.3, 0.4) is 0 Å². The maximum atomic E-state index is 13.1. The maximum Gasteiger partial charge on any atom is 0.243 e. The molecule has 0 atom stereocenters. The molecule has 1 aliphatic rings. The van der Waals surface area contributed by atoms with Gasteiger partial charge in [-0.2, -0.15) is 4.31 Å². The van der Waals surface area contributed by atoms with Crippen LogP contribution in [0.25, 0.3) is 11.3 Å². The smallest absolute Gasteiger partial charge is 0.243 e. The number of hydrogen-bond acceptors (Lipinski definition) is 6. The monoisotopic (exact) mass is 535 g/mol. The Morgan fingerprint density at radius 1 is 0.946 bits per heavy atom. The number of ether oxygens (including phenoxy) is 2. The Kier molecular flexibility index (Phi) is 7.57. The molecule has 192 valence electrons. The minimum Gasteiger partial charge on any atom is -0.497 e. The van der Waals surface area contributed by atoms with Gasteiger partial charge in [0.1, 0.15) is 5.75 Å². The zero-order valence-corrected chi connectivity index (χ0v) is 22.5. The lowest BCUT2D eigenvalue weighted by Crippen LogP contribution is -2.40. The Hall–Kier alpha value is -3.24. The number of sulfonamides is 1. The summed E-state index contributed by atoms with van der Waals surface area (Å²) in [7, 11) is -1.90. The van der Waals surface area contributed by atoms with Crippen molar-refractivity contribution in [3.63, 3.8) is 0 Å². The van der Waals surface area contributed by atoms with E-state index in [0.717, 1.165) is 33.1 Å². The fraction of sp³-hybridized carbons (Fsp3) is 0.250. The average molecular weight is 536 g/mol. The Labute approximate surface area is 221 Å². The van der Waals surface area contributed by atoms with Crippen LogP contribution in [0.4, 0.5) is 5.69 Å². The molecule has 37 heavy (non-hydrogen) atoms. The van der Waals surface area contributed by atoms with E-state index in [4.69, 9.17) is 14.5 Å². The SMILES string of the molecule is COc1ccc(N=c2scc(-c3ccc(S(=O)(=O)N4CCOCC4)cc3)n2Cc2ccc(C)cc2)cc1. The molecule has 7 nitrogen and oxygen atoms in total. The molecule has 3 aromatic carbocycles. The number of hydrogen-bond donors (Lipinski definition) is 0. The first-order valence-electron chi connectivity index (χ1n) is 12.0. The Balaban J connectivity index is 1.52. The van der Waals surface area contributed by atoms with Crippen LogP contribution in [0.2, 0.25) is 0 Å². The predicted molar refractivity (Wildman–Crippen MR) is 146 cm³/mol. The zero-order chi connectivity index (χ0) is 25.8. The number of aromatic nitrogens is 1. The molecule has 1 aromatic heterocycles. The van der Waals surface area contributed by atoms with Crippen molar-refractivity contribution in [2.45, 2.75) is 18.4 Å². The molecule has 0 aliphatic carbocycles. The van der Waals surface area contributed by atoms with E-state index in [1.807, 2.05) is 36.4 Å². The molecule has 0 N–H and O–H groups in total. The van der Waals surface area contributed by atoms with Crippen molar-refractivity contribution in [3.8, 4) is 17.0 Å². The van der Waals surface area contributed by atoms with Gasteiger partial charge in [0, 0.05) is 18.5 Å². The molecule has 2 heterocycles. The highest BCUT2D eigenvalue weighted by molar-refractivity contribution is 7.89. The molecule has 0 bridgehead atoms. The van der Waals surface area contributed by atoms with Gasteiger partial charge in [-0.25, -0.2) is 13.4 Å². The van der Waals surface area contributed by atoms with Crippen molar-refractivity contribution in [2.75, 3.05) is 33.4 Å². The summed E-state index contributed by atoms with van der Waals surface area (Å²) in [4.78, 5) is 6.05. The van der Waals surface area contributed by atoms with Gasteiger partial charge in [0.15, 0.2) is 4.80 Å². The van der Waals surface area contributed by atoms with Gasteiger partial charge >= 0.3 is 0 Å². The van der Waals surface area contributed by atoms with Gasteiger partial charge in [-0.1, -0.05) is 42.0 Å². The summed E-state index contributed by atoms with van der Waals surface area (Å²) in [6, 6.07) is 23.2. The fourth-order valence-electron chi connectivity index (χ4n) is 4.18. The lowest BCUT2D eigenvalue weighted by atomic mass is 10.1. The minimum atomic E-state index is -3.54. The van der Waals surface area contributed by atoms with Crippen molar-refractivity contribution in [3.05, 3.63) is 94.1 Å². The number of thiazole rings is 1. The second kappa shape index (κ2) is 11.0. The summed E-state index contributed by atoms with van der Waals surface area (Å²) in [5.41, 5.74) is 5.11. The third-order valence-corrected chi connectivity index (χ3v) is 9.09. The summed E-state index contributed by atoms with van der Waals surface area (Å²) in [6.45, 7) is 4.31. The predicted octanol–water partition coefficient (Wildman–Crippen LogP) is 4.84. The van der Waals surface area contributed by atoms with Crippen molar-refractivity contribution in [1.29, 1.82) is 0 Å². The van der Waals surface area contributed by atoms with Crippen LogP contribution in [0.5, 0.6) is 5.75 Å². The third-order valence-electron chi connectivity index (χ3n) is 6.31. The summed E-state index contributed by atoms with van der Waals surface area (Å²) in [5, 5.41) is 2.07. The molecule has 4 aromatic rings. The maximum absolute atomic E-state index is 13.1. The molecule has 1 saturated heterocycles. The average Bonchev–Trinajstić information content (AvgIpc) is 3.32. The number of methoxy groups -OCH3 is 1. The van der Waals surface area contributed by atoms with Gasteiger partial charge in [-0.3, -0.25) is 0 Å². The van der Waals surface area contributed by atoms with Gasteiger partial charge in [0.2, 0.25) is 10.0 Å². The van der Waals surface area contributed by atoms with Crippen LogP contribution in [-0.2, 0) is 21.3 Å². The molecule has 1 aliphatic heterocycles. The van der Waals surface area contributed by atoms with Crippen molar-refractivity contribution >= 4 is 27.0 Å². The summed E-state index contributed by atoms with van der Waals surface area (Å²) >= 11 is 1.56. The lowest BCUT2D eigenvalue weighted by Gasteiger charge is -2.26. The molecule has 0 spiro atoms. The highest BCUT2D eigenvalue weighted by Crippen LogP contribution is 2.26. The molecule has 5 rings (SSSR count). The van der Waals surface area contributed by atoms with Crippen LogP contribution in [0.1, 0.15) is 11.1 Å². The normalized spacial score (nSPS) is 15.1. The molecule has 9 heteroatoms. The van der Waals surface area contributed by atoms with Gasteiger partial charge in [-0.05, 0) is 54.4 Å². The highest BCUT2D eigenvalue weighted by Gasteiger charge is 2.26. The Morgan fingerprint density at radius 3 is 2.27 bits per heavy atom. The molecule has 0 radical (unpaired) electrons. The van der Waals surface area contributed by atoms with Crippen LogP contribution in [0.15, 0.2) is 88.1 Å². The largest absolute Gasteiger partial charge is 0.497 e. The van der Waals surface area contributed by atoms with Crippen molar-refractivity contribution in [1.82, 2.24) is 8.87 Å². The van der Waals surface area contributed by atoms with E-state index in [-0.39, 0.29) is 0 Å². The standard InChI is InChI=1S/C28H29N3O4S2/c1-21-3-5-22(6-4-21)19-31-27(20-36-28(31)29-24-9-11-25(34-2)12-10-24)23-7-13-26(14-8-23)37(32,33)30-15-17-35-18-16-30/h3-14,20H,15-19H2,1-2H3. The van der Waals surface area contributed by atoms with E-state index < -0.39 is 10.0 Å². The second-order valence-electron chi connectivity index (χ2n) is 8.83. The highest BCUT2D eigenvalue weighted by atomic mass is 32.2. The van der Waals surface area contributed by atoms with Crippen LogP contribution in [0, 0.1) is 6.92 Å². The number of rotatable bonds is 7. The fourth-order valence-corrected chi connectivity index (χ4v) is 6.52. The molecular weight excluding hydrogens is 506 g/mol. The minimum absolute atomic E-state index is 0.293. The third kappa shape index (κ3) is 5.70. The number of aryl methyl sites for hydroxylation is 1. The van der Waals surface area contributed by atoms with E-state index in [2.05, 4.69) is 41.1 Å². The van der Waals surface area contributed by atoms with Gasteiger partial charge < -0.3 is 14.0 Å². The zero-order valence-electron chi connectivity index (χ0n) is 20.8. The van der Waals surface area contributed by atoms with E-state index in [1.54, 1.807) is 30.6 Å². The van der Waals surface area contributed by atoms with Gasteiger partial charge in [-0.15, -0.1) is 11.3 Å². The molecular formula is C28H29N3O4S2. The van der Waals surface area contributed by atoms with E-state index in [1.165, 1.54) is 9.87 Å². The van der Waals surface area contributed by atoms with E-state index in [9.17, 15) is 8.42 Å². The van der Waals surface area contributed by atoms with Gasteiger partial charge in [0.25, 0.3) is 0 Å². The van der Waals surface area contributed by atoms with Crippen LogP contribution >= 0.6 is 11.3 Å². The number of benzene rings is 3. The lowest BCUT2D eigenvalue weighted by molar-refractivity contribution is 0.0730. The van der Waals surface area contributed by atoms with Crippen molar-refractivity contribution in [2.24, 2.45) is 4.99 Å². The first-order valence-corrected chi connectivity index (χ1v) is 14.4. The van der Waals surface area contributed by atoms with E-state index >= 15 is 0 Å². The Morgan fingerprint density at radius 2 is 1.62 bits per heavy atom. The number of morpholine rings is 1. The summed E-state index contributed by atoms with van der Waals surface area (Å²) in [6.07, 6.45) is 0. The molecule has 0 amide bonds. The van der Waals surface area contributed by atoms with Crippen molar-refractivity contribution < 1.29 is 17.9 Å². The molecule has 1 fully saturated rings. The number of nitrogens with zero attached hydrogens (tertiary/aromatic N) is 3. The van der Waals surface area contributed by atoms with Gasteiger partial charge in [0.05, 0.1) is 43.1 Å². The first-order chi connectivity index (χ1) is 17.9. The van der Waals surface area contributed by atoms with Crippen LogP contribution in [-0.4, -0.2) is 50.7 Å². The molecule has 0 unspecified atom stereocenters. The van der Waals surface area contributed by atoms with E-state index in [0.29, 0.717) is 37.7 Å². The molecule has 0 saturated carbocycles. The second-order valence-corrected chi connectivity index (χ2v) is 11.6. The van der Waals surface area contributed by atoms with Crippen LogP contribution < -0.4 is 9.54 Å². The summed E-state index contributed by atoms with van der Waals surface area (Å²) in [5.74, 6) is 0.783. The summed E-state index contributed by atoms with van der Waals surface area (Å²) < 4.78 is 40.4.